The van der Waals surface area contributed by atoms with Crippen molar-refractivity contribution in [2.75, 3.05) is 16.1 Å². The lowest BCUT2D eigenvalue weighted by Gasteiger charge is -2.14. The quantitative estimate of drug-likeness (QED) is 0.332. The Hall–Kier alpha value is -4.10. The van der Waals surface area contributed by atoms with Crippen LogP contribution in [0.4, 0.5) is 11.4 Å². The number of carbonyl (C=O) groups excluding carboxylic acids is 3. The first-order valence-corrected chi connectivity index (χ1v) is 11.4. The van der Waals surface area contributed by atoms with Crippen LogP contribution in [0, 0.1) is 27.7 Å². The molecule has 3 amide bonds. The lowest BCUT2D eigenvalue weighted by atomic mass is 10.1. The van der Waals surface area contributed by atoms with Crippen molar-refractivity contribution >= 4 is 51.6 Å². The van der Waals surface area contributed by atoms with Crippen molar-refractivity contribution in [2.24, 2.45) is 0 Å². The third kappa shape index (κ3) is 5.05. The molecule has 4 rings (SSSR count). The van der Waals surface area contributed by atoms with Crippen LogP contribution >= 0.6 is 11.6 Å². The number of nitrogens with zero attached hydrogens (tertiary/aromatic N) is 1. The van der Waals surface area contributed by atoms with Gasteiger partial charge >= 0.3 is 11.8 Å². The van der Waals surface area contributed by atoms with Crippen LogP contribution in [0.2, 0.25) is 5.02 Å². The zero-order valence-corrected chi connectivity index (χ0v) is 20.6. The van der Waals surface area contributed by atoms with Crippen molar-refractivity contribution in [3.63, 3.8) is 0 Å². The zero-order valence-electron chi connectivity index (χ0n) is 19.8. The van der Waals surface area contributed by atoms with Gasteiger partial charge in [0.15, 0.2) is 0 Å². The standard InChI is InChI=1S/C27H25ClN4O3/c1-15-8-9-17(3)22(12-15)30-26(34)27(35)31-32-23-11-10-20(28)13-19(23)14-24(32)25(33)29-21-7-5-6-16(2)18(21)4/h5-14H,1-4H3,(H,29,33)(H,30,34)(H,31,35). The second kappa shape index (κ2) is 9.64. The summed E-state index contributed by atoms with van der Waals surface area (Å²) in [6.07, 6.45) is 0. The monoisotopic (exact) mass is 488 g/mol. The average molecular weight is 489 g/mol. The van der Waals surface area contributed by atoms with E-state index in [9.17, 15) is 14.4 Å². The smallest absolute Gasteiger partial charge is 0.320 e. The predicted octanol–water partition coefficient (Wildman–Crippen LogP) is 5.49. The molecule has 3 aromatic carbocycles. The van der Waals surface area contributed by atoms with Gasteiger partial charge in [-0.25, -0.2) is 4.68 Å². The third-order valence-electron chi connectivity index (χ3n) is 5.91. The molecule has 0 unspecified atom stereocenters. The third-order valence-corrected chi connectivity index (χ3v) is 6.15. The molecule has 0 aliphatic carbocycles. The maximum atomic E-state index is 13.3. The van der Waals surface area contributed by atoms with Crippen LogP contribution in [0.1, 0.15) is 32.7 Å². The fraction of sp³-hybridized carbons (Fsp3) is 0.148. The molecule has 0 bridgehead atoms. The Morgan fingerprint density at radius 2 is 1.54 bits per heavy atom. The Morgan fingerprint density at radius 1 is 0.771 bits per heavy atom. The summed E-state index contributed by atoms with van der Waals surface area (Å²) in [5.74, 6) is -2.21. The van der Waals surface area contributed by atoms with Crippen molar-refractivity contribution in [3.05, 3.63) is 93.6 Å². The molecule has 178 valence electrons. The van der Waals surface area contributed by atoms with Gasteiger partial charge in [0.1, 0.15) is 5.69 Å². The van der Waals surface area contributed by atoms with Crippen LogP contribution in [0.15, 0.2) is 60.7 Å². The second-order valence-electron chi connectivity index (χ2n) is 8.48. The van der Waals surface area contributed by atoms with Gasteiger partial charge in [0, 0.05) is 21.8 Å². The van der Waals surface area contributed by atoms with E-state index < -0.39 is 17.7 Å². The molecule has 1 aromatic heterocycles. The van der Waals surface area contributed by atoms with Gasteiger partial charge in [-0.3, -0.25) is 19.8 Å². The van der Waals surface area contributed by atoms with Gasteiger partial charge in [0.25, 0.3) is 5.91 Å². The molecule has 0 aliphatic rings. The molecule has 0 saturated heterocycles. The molecule has 0 saturated carbocycles. The van der Waals surface area contributed by atoms with Gasteiger partial charge < -0.3 is 10.6 Å². The van der Waals surface area contributed by atoms with Crippen LogP contribution < -0.4 is 16.1 Å². The number of amides is 3. The van der Waals surface area contributed by atoms with E-state index in [0.29, 0.717) is 27.3 Å². The van der Waals surface area contributed by atoms with Crippen LogP contribution in [-0.2, 0) is 9.59 Å². The minimum Gasteiger partial charge on any atom is -0.320 e. The Balaban J connectivity index is 1.65. The molecular weight excluding hydrogens is 464 g/mol. The normalized spacial score (nSPS) is 10.8. The molecule has 0 spiro atoms. The van der Waals surface area contributed by atoms with Gasteiger partial charge in [-0.1, -0.05) is 35.9 Å². The van der Waals surface area contributed by atoms with Gasteiger partial charge in [-0.15, -0.1) is 0 Å². The fourth-order valence-corrected chi connectivity index (χ4v) is 3.93. The van der Waals surface area contributed by atoms with Crippen molar-refractivity contribution in [2.45, 2.75) is 27.7 Å². The molecule has 4 aromatic rings. The lowest BCUT2D eigenvalue weighted by molar-refractivity contribution is -0.133. The Bertz CT molecular complexity index is 1490. The summed E-state index contributed by atoms with van der Waals surface area (Å²) in [6, 6.07) is 17.8. The lowest BCUT2D eigenvalue weighted by Crippen LogP contribution is -2.36. The molecule has 7 nitrogen and oxygen atoms in total. The number of nitrogens with one attached hydrogen (secondary N) is 3. The number of hydrogen-bond acceptors (Lipinski definition) is 3. The van der Waals surface area contributed by atoms with E-state index in [1.807, 2.05) is 52.0 Å². The maximum absolute atomic E-state index is 13.3. The number of carbonyl (C=O) groups is 3. The first-order chi connectivity index (χ1) is 16.6. The molecule has 3 N–H and O–H groups in total. The van der Waals surface area contributed by atoms with Crippen LogP contribution in [0.25, 0.3) is 10.9 Å². The summed E-state index contributed by atoms with van der Waals surface area (Å²) in [4.78, 5) is 38.8. The first-order valence-electron chi connectivity index (χ1n) is 11.0. The molecular formula is C27H25ClN4O3. The minimum atomic E-state index is -0.917. The van der Waals surface area contributed by atoms with E-state index in [1.54, 1.807) is 36.4 Å². The number of aromatic nitrogens is 1. The van der Waals surface area contributed by atoms with Gasteiger partial charge in [-0.2, -0.15) is 0 Å². The minimum absolute atomic E-state index is 0.149. The zero-order chi connectivity index (χ0) is 25.3. The summed E-state index contributed by atoms with van der Waals surface area (Å²) in [7, 11) is 0. The van der Waals surface area contributed by atoms with Crippen LogP contribution in [0.5, 0.6) is 0 Å². The number of halogens is 1. The molecule has 1 heterocycles. The fourth-order valence-electron chi connectivity index (χ4n) is 3.75. The number of fused-ring (bicyclic) bond motifs is 1. The van der Waals surface area contributed by atoms with Gasteiger partial charge in [0.2, 0.25) is 0 Å². The number of anilines is 2. The summed E-state index contributed by atoms with van der Waals surface area (Å²) < 4.78 is 1.30. The Morgan fingerprint density at radius 3 is 2.31 bits per heavy atom. The Kier molecular flexibility index (Phi) is 6.62. The topological polar surface area (TPSA) is 92.2 Å². The van der Waals surface area contributed by atoms with Gasteiger partial charge in [-0.05, 0) is 86.3 Å². The summed E-state index contributed by atoms with van der Waals surface area (Å²) in [5, 5.41) is 6.65. The second-order valence-corrected chi connectivity index (χ2v) is 8.92. The van der Waals surface area contributed by atoms with Crippen LogP contribution in [0.3, 0.4) is 0 Å². The molecule has 35 heavy (non-hydrogen) atoms. The van der Waals surface area contributed by atoms with E-state index in [2.05, 4.69) is 16.1 Å². The van der Waals surface area contributed by atoms with E-state index >= 15 is 0 Å². The first kappa shape index (κ1) is 24.0. The Labute approximate surface area is 208 Å². The SMILES string of the molecule is Cc1ccc(C)c(NC(=O)C(=O)Nn2c(C(=O)Nc3cccc(C)c3C)cc3cc(Cl)ccc32)c1. The van der Waals surface area contributed by atoms with Crippen molar-refractivity contribution in [3.8, 4) is 0 Å². The van der Waals surface area contributed by atoms with E-state index in [-0.39, 0.29) is 5.69 Å². The highest BCUT2D eigenvalue weighted by Crippen LogP contribution is 2.25. The summed E-state index contributed by atoms with van der Waals surface area (Å²) in [6.45, 7) is 7.61. The van der Waals surface area contributed by atoms with E-state index in [0.717, 1.165) is 22.3 Å². The van der Waals surface area contributed by atoms with E-state index in [4.69, 9.17) is 11.6 Å². The van der Waals surface area contributed by atoms with Gasteiger partial charge in [0.05, 0.1) is 5.52 Å². The molecule has 0 atom stereocenters. The predicted molar refractivity (Wildman–Crippen MR) is 140 cm³/mol. The maximum Gasteiger partial charge on any atom is 0.328 e. The highest BCUT2D eigenvalue weighted by atomic mass is 35.5. The average Bonchev–Trinajstić information content (AvgIpc) is 3.16. The number of benzene rings is 3. The summed E-state index contributed by atoms with van der Waals surface area (Å²) in [5.41, 5.74) is 8.17. The van der Waals surface area contributed by atoms with Crippen LogP contribution in [-0.4, -0.2) is 22.4 Å². The van der Waals surface area contributed by atoms with Crippen molar-refractivity contribution in [1.29, 1.82) is 0 Å². The number of rotatable bonds is 4. The molecule has 8 heteroatoms. The summed E-state index contributed by atoms with van der Waals surface area (Å²) >= 11 is 6.14. The van der Waals surface area contributed by atoms with Crippen molar-refractivity contribution < 1.29 is 14.4 Å². The largest absolute Gasteiger partial charge is 0.328 e. The number of hydrogen-bond donors (Lipinski definition) is 3. The van der Waals surface area contributed by atoms with E-state index in [1.165, 1.54) is 4.68 Å². The van der Waals surface area contributed by atoms with Crippen molar-refractivity contribution in [1.82, 2.24) is 4.68 Å². The highest BCUT2D eigenvalue weighted by Gasteiger charge is 2.22. The highest BCUT2D eigenvalue weighted by molar-refractivity contribution is 6.42. The molecule has 0 aliphatic heterocycles. The molecule has 0 fully saturated rings. The molecule has 0 radical (unpaired) electrons. The number of aryl methyl sites for hydroxylation is 3.